The highest BCUT2D eigenvalue weighted by atomic mass is 16.5. The molecule has 0 saturated heterocycles. The van der Waals surface area contributed by atoms with Gasteiger partial charge in [-0.2, -0.15) is 0 Å². The zero-order valence-corrected chi connectivity index (χ0v) is 27.9. The van der Waals surface area contributed by atoms with Crippen LogP contribution < -0.4 is 4.74 Å². The van der Waals surface area contributed by atoms with Crippen LogP contribution in [0.15, 0.2) is 132 Å². The summed E-state index contributed by atoms with van der Waals surface area (Å²) in [7, 11) is 0. The van der Waals surface area contributed by atoms with Crippen molar-refractivity contribution in [3.63, 3.8) is 0 Å². The molecule has 2 aromatic heterocycles. The first-order valence-electron chi connectivity index (χ1n) is 16.7. The van der Waals surface area contributed by atoms with E-state index < -0.39 is 0 Å². The zero-order chi connectivity index (χ0) is 33.6. The van der Waals surface area contributed by atoms with Gasteiger partial charge in [0.25, 0.3) is 6.26 Å². The molecule has 0 fully saturated rings. The van der Waals surface area contributed by atoms with E-state index in [-0.39, 0.29) is 11.8 Å². The number of para-hydroxylation sites is 3. The summed E-state index contributed by atoms with van der Waals surface area (Å²) < 4.78 is 14.0. The monoisotopic (exact) mass is 637 g/mol. The van der Waals surface area contributed by atoms with Crippen LogP contribution in [0, 0.1) is 11.5 Å². The number of benzene rings is 6. The number of furan rings is 1. The molecule has 49 heavy (non-hydrogen) atoms. The summed E-state index contributed by atoms with van der Waals surface area (Å²) in [5.41, 5.74) is 12.8. The molecule has 0 atom stereocenters. The number of nitrogens with zero attached hydrogens (tertiary/aromatic N) is 3. The first kappa shape index (κ1) is 30.2. The number of rotatable bonds is 7. The molecule has 8 rings (SSSR count). The summed E-state index contributed by atoms with van der Waals surface area (Å²) in [5, 5.41) is 11.0. The summed E-state index contributed by atoms with van der Waals surface area (Å²) in [5.74, 6) is 1.75. The lowest BCUT2D eigenvalue weighted by Crippen LogP contribution is -2.09. The van der Waals surface area contributed by atoms with Crippen LogP contribution >= 0.6 is 0 Å². The molecule has 6 aromatic carbocycles. The van der Waals surface area contributed by atoms with Gasteiger partial charge in [-0.1, -0.05) is 107 Å². The molecule has 238 valence electrons. The molecule has 0 aliphatic rings. The van der Waals surface area contributed by atoms with Gasteiger partial charge < -0.3 is 9.15 Å². The lowest BCUT2D eigenvalue weighted by molar-refractivity contribution is 0.506. The molecule has 5 nitrogen and oxygen atoms in total. The van der Waals surface area contributed by atoms with E-state index >= 15 is 0 Å². The van der Waals surface area contributed by atoms with Crippen molar-refractivity contribution >= 4 is 33.0 Å². The van der Waals surface area contributed by atoms with E-state index in [1.54, 1.807) is 18.4 Å². The highest BCUT2D eigenvalue weighted by molar-refractivity contribution is 6.10. The summed E-state index contributed by atoms with van der Waals surface area (Å²) in [6, 6.07) is 44.2. The molecular formula is C44H35N3O2. The number of hydrogen-bond donors (Lipinski definition) is 0. The average molecular weight is 638 g/mol. The van der Waals surface area contributed by atoms with Crippen LogP contribution in [-0.4, -0.2) is 9.55 Å². The van der Waals surface area contributed by atoms with Crippen LogP contribution in [0.2, 0.25) is 0 Å². The average Bonchev–Trinajstić information content (AvgIpc) is 3.70. The van der Waals surface area contributed by atoms with Crippen molar-refractivity contribution < 1.29 is 9.15 Å². The quantitative estimate of drug-likeness (QED) is 0.163. The van der Waals surface area contributed by atoms with Gasteiger partial charge in [-0.25, -0.2) is 4.98 Å². The van der Waals surface area contributed by atoms with Crippen molar-refractivity contribution in [2.45, 2.75) is 39.5 Å². The third-order valence-corrected chi connectivity index (χ3v) is 9.40. The van der Waals surface area contributed by atoms with Gasteiger partial charge in [0.05, 0.1) is 22.3 Å². The second kappa shape index (κ2) is 12.2. The molecule has 0 bridgehead atoms. The summed E-state index contributed by atoms with van der Waals surface area (Å²) in [6.45, 7) is 9.07. The van der Waals surface area contributed by atoms with Gasteiger partial charge in [0.1, 0.15) is 22.7 Å². The second-order valence-electron chi connectivity index (χ2n) is 13.2. The Morgan fingerprint density at radius 2 is 1.31 bits per heavy atom. The molecule has 5 heteroatoms. The van der Waals surface area contributed by atoms with Crippen LogP contribution in [0.1, 0.15) is 50.7 Å². The van der Waals surface area contributed by atoms with Crippen LogP contribution in [0.3, 0.4) is 0 Å². The van der Waals surface area contributed by atoms with E-state index in [0.717, 1.165) is 44.5 Å². The maximum atomic E-state index is 9.08. The van der Waals surface area contributed by atoms with Gasteiger partial charge in [0.2, 0.25) is 0 Å². The molecule has 0 radical (unpaired) electrons. The first-order valence-corrected chi connectivity index (χ1v) is 16.7. The Bertz CT molecular complexity index is 2500. The van der Waals surface area contributed by atoms with Crippen LogP contribution in [0.4, 0.5) is 0 Å². The van der Waals surface area contributed by atoms with Crippen molar-refractivity contribution in [1.29, 1.82) is 5.26 Å². The maximum Gasteiger partial charge on any atom is 0.292 e. The number of hydrogen-bond acceptors (Lipinski definition) is 4. The minimum atomic E-state index is 0.241. The predicted molar refractivity (Wildman–Crippen MR) is 199 cm³/mol. The molecule has 0 amide bonds. The molecule has 8 aromatic rings. The van der Waals surface area contributed by atoms with Crippen molar-refractivity contribution in [3.05, 3.63) is 139 Å². The Hall–Kier alpha value is -6.12. The number of nitriles is 1. The highest BCUT2D eigenvalue weighted by Gasteiger charge is 2.25. The van der Waals surface area contributed by atoms with Crippen LogP contribution in [0.5, 0.6) is 5.75 Å². The maximum absolute atomic E-state index is 9.08. The minimum absolute atomic E-state index is 0.241. The minimum Gasteiger partial charge on any atom is -0.455 e. The van der Waals surface area contributed by atoms with Gasteiger partial charge >= 0.3 is 0 Å². The van der Waals surface area contributed by atoms with Crippen LogP contribution in [0.25, 0.3) is 72.3 Å². The fourth-order valence-electron chi connectivity index (χ4n) is 6.97. The number of imidazole rings is 1. The Labute approximate surface area is 285 Å². The first-order chi connectivity index (χ1) is 23.9. The normalized spacial score (nSPS) is 11.6. The fraction of sp³-hybridized carbons (Fsp3) is 0.136. The molecule has 0 N–H and O–H groups in total. The topological polar surface area (TPSA) is 64.0 Å². The van der Waals surface area contributed by atoms with E-state index in [0.29, 0.717) is 11.3 Å². The fourth-order valence-corrected chi connectivity index (χ4v) is 6.97. The molecule has 0 saturated carbocycles. The van der Waals surface area contributed by atoms with E-state index in [1.807, 2.05) is 12.1 Å². The number of ether oxygens (including phenoxy) is 1. The second-order valence-corrected chi connectivity index (χ2v) is 13.2. The third kappa shape index (κ3) is 5.23. The molecule has 2 heterocycles. The van der Waals surface area contributed by atoms with Crippen molar-refractivity contribution in [2.24, 2.45) is 0 Å². The Balaban J connectivity index is 1.36. The van der Waals surface area contributed by atoms with E-state index in [1.165, 1.54) is 33.4 Å². The Kier molecular flexibility index (Phi) is 7.50. The summed E-state index contributed by atoms with van der Waals surface area (Å²) in [6.07, 6.45) is 1.76. The summed E-state index contributed by atoms with van der Waals surface area (Å²) in [4.78, 5) is 5.28. The molecule has 0 aliphatic heterocycles. The van der Waals surface area contributed by atoms with Crippen molar-refractivity contribution in [3.8, 4) is 51.3 Å². The number of fused-ring (bicyclic) bond motifs is 4. The van der Waals surface area contributed by atoms with Gasteiger partial charge in [0, 0.05) is 16.8 Å². The van der Waals surface area contributed by atoms with E-state index in [2.05, 4.69) is 135 Å². The number of aromatic nitrogens is 2. The summed E-state index contributed by atoms with van der Waals surface area (Å²) >= 11 is 0. The molecule has 0 aliphatic carbocycles. The molecule has 0 unspecified atom stereocenters. The molecule has 0 spiro atoms. The Morgan fingerprint density at radius 3 is 2.00 bits per heavy atom. The van der Waals surface area contributed by atoms with Gasteiger partial charge in [-0.05, 0) is 87.7 Å². The highest BCUT2D eigenvalue weighted by Crippen LogP contribution is 2.43. The van der Waals surface area contributed by atoms with Gasteiger partial charge in [0.15, 0.2) is 0 Å². The van der Waals surface area contributed by atoms with E-state index in [4.69, 9.17) is 19.4 Å². The largest absolute Gasteiger partial charge is 0.455 e. The lowest BCUT2D eigenvalue weighted by Gasteiger charge is -2.24. The predicted octanol–water partition coefficient (Wildman–Crippen LogP) is 12.0. The molecular weight excluding hydrogens is 603 g/mol. The Morgan fingerprint density at radius 1 is 0.653 bits per heavy atom. The van der Waals surface area contributed by atoms with Gasteiger partial charge in [-0.15, -0.1) is 5.26 Å². The standard InChI is InChI=1S/C44H35N3O2/c1-27(2)37-23-32(31-19-17-30(18-20-31)29-11-6-5-7-12-29)24-38(28(3)4)42(37)47-40-16-9-8-15-39(40)46-44(47)36-14-10-13-35-34-22-21-33(48-26-45)25-41(34)49-43(35)36/h5-25,27-28H,1-4H3. The van der Waals surface area contributed by atoms with Crippen molar-refractivity contribution in [1.82, 2.24) is 9.55 Å². The van der Waals surface area contributed by atoms with E-state index in [9.17, 15) is 0 Å². The third-order valence-electron chi connectivity index (χ3n) is 9.40. The SMILES string of the molecule is CC(C)c1cc(-c2ccc(-c3ccccc3)cc2)cc(C(C)C)c1-n1c(-c2cccc3c2oc2cc(OC#N)ccc23)nc2ccccc21. The van der Waals surface area contributed by atoms with Gasteiger partial charge in [-0.3, -0.25) is 4.57 Å². The lowest BCUT2D eigenvalue weighted by atomic mass is 9.87. The smallest absolute Gasteiger partial charge is 0.292 e. The van der Waals surface area contributed by atoms with Crippen LogP contribution in [-0.2, 0) is 0 Å². The van der Waals surface area contributed by atoms with Crippen molar-refractivity contribution in [2.75, 3.05) is 0 Å². The zero-order valence-electron chi connectivity index (χ0n) is 27.9.